The normalized spacial score (nSPS) is 31.0. The fourth-order valence-corrected chi connectivity index (χ4v) is 4.15. The third-order valence-corrected chi connectivity index (χ3v) is 5.52. The summed E-state index contributed by atoms with van der Waals surface area (Å²) in [7, 11) is 0. The van der Waals surface area contributed by atoms with Gasteiger partial charge in [-0.15, -0.1) is 0 Å². The minimum Gasteiger partial charge on any atom is -0.273 e. The highest BCUT2D eigenvalue weighted by atomic mass is 35.5. The molecular formula is C16H18Cl2N2O. The maximum absolute atomic E-state index is 12.2. The van der Waals surface area contributed by atoms with Crippen LogP contribution in [0, 0.1) is 17.3 Å². The van der Waals surface area contributed by atoms with E-state index in [-0.39, 0.29) is 17.2 Å². The van der Waals surface area contributed by atoms with Crippen molar-refractivity contribution in [1.82, 2.24) is 5.43 Å². The number of nitrogens with zero attached hydrogens (tertiary/aromatic N) is 1. The fraction of sp³-hybridized carbons (Fsp3) is 0.500. The van der Waals surface area contributed by atoms with Crippen molar-refractivity contribution < 1.29 is 4.79 Å². The van der Waals surface area contributed by atoms with Crippen molar-refractivity contribution in [3.63, 3.8) is 0 Å². The second kappa shape index (κ2) is 5.62. The van der Waals surface area contributed by atoms with Crippen molar-refractivity contribution in [2.75, 3.05) is 0 Å². The summed E-state index contributed by atoms with van der Waals surface area (Å²) >= 11 is 11.9. The molecule has 2 aliphatic carbocycles. The Morgan fingerprint density at radius 1 is 1.43 bits per heavy atom. The summed E-state index contributed by atoms with van der Waals surface area (Å²) in [4.78, 5) is 12.2. The van der Waals surface area contributed by atoms with Crippen LogP contribution in [0.1, 0.15) is 38.2 Å². The predicted octanol–water partition coefficient (Wildman–Crippen LogP) is 4.27. The summed E-state index contributed by atoms with van der Waals surface area (Å²) in [5.41, 5.74) is 3.60. The molecule has 1 aromatic carbocycles. The van der Waals surface area contributed by atoms with Crippen LogP contribution in [0.4, 0.5) is 0 Å². The number of hydrogen-bond acceptors (Lipinski definition) is 2. The fourth-order valence-electron chi connectivity index (χ4n) is 3.69. The minimum absolute atomic E-state index is 0.0331. The van der Waals surface area contributed by atoms with Crippen LogP contribution in [0.5, 0.6) is 0 Å². The van der Waals surface area contributed by atoms with Crippen LogP contribution in [0.2, 0.25) is 10.0 Å². The summed E-state index contributed by atoms with van der Waals surface area (Å²) in [6.45, 7) is 2.22. The Hall–Kier alpha value is -1.06. The minimum atomic E-state index is 0.0331. The Morgan fingerprint density at radius 2 is 2.24 bits per heavy atom. The first-order valence-corrected chi connectivity index (χ1v) is 8.06. The second-order valence-electron chi connectivity index (χ2n) is 6.24. The van der Waals surface area contributed by atoms with Crippen molar-refractivity contribution in [2.45, 2.75) is 32.6 Å². The van der Waals surface area contributed by atoms with Gasteiger partial charge in [0.05, 0.1) is 11.2 Å². The molecule has 2 aliphatic rings. The zero-order chi connectivity index (χ0) is 15.0. The number of halogens is 2. The van der Waals surface area contributed by atoms with E-state index in [2.05, 4.69) is 17.5 Å². The molecule has 0 radical (unpaired) electrons. The van der Waals surface area contributed by atoms with Crippen molar-refractivity contribution in [2.24, 2.45) is 22.4 Å². The first-order valence-electron chi connectivity index (χ1n) is 7.30. The molecule has 3 rings (SSSR count). The average Bonchev–Trinajstić information content (AvgIpc) is 3.07. The van der Waals surface area contributed by atoms with Gasteiger partial charge in [-0.25, -0.2) is 5.43 Å². The highest BCUT2D eigenvalue weighted by Crippen LogP contribution is 2.66. The first kappa shape index (κ1) is 14.9. The molecule has 0 bridgehead atoms. The quantitative estimate of drug-likeness (QED) is 0.654. The third-order valence-electron chi connectivity index (χ3n) is 4.95. The molecule has 0 unspecified atom stereocenters. The lowest BCUT2D eigenvalue weighted by Gasteiger charge is -2.15. The lowest BCUT2D eigenvalue weighted by molar-refractivity contribution is -0.123. The standard InChI is InChI=1S/C16H18Cl2N2O/c1-16-7-3-2-4-12(16)14(16)15(21)20-19-9-10-5-6-11(17)8-13(10)18/h5-6,8-9,12,14H,2-4,7H2,1H3,(H,20,21)/b19-9-/t12-,14-,16-/m1/s1. The molecule has 21 heavy (non-hydrogen) atoms. The molecule has 2 saturated carbocycles. The Kier molecular flexibility index (Phi) is 3.98. The zero-order valence-corrected chi connectivity index (χ0v) is 13.4. The van der Waals surface area contributed by atoms with E-state index in [1.54, 1.807) is 24.4 Å². The van der Waals surface area contributed by atoms with Gasteiger partial charge in [0.1, 0.15) is 0 Å². The van der Waals surface area contributed by atoms with E-state index in [1.807, 2.05) is 0 Å². The van der Waals surface area contributed by atoms with Gasteiger partial charge in [0.25, 0.3) is 0 Å². The number of carbonyl (C=O) groups is 1. The van der Waals surface area contributed by atoms with E-state index >= 15 is 0 Å². The highest BCUT2D eigenvalue weighted by Gasteiger charge is 2.64. The molecule has 1 N–H and O–H groups in total. The number of carbonyl (C=O) groups excluding carboxylic acids is 1. The number of fused-ring (bicyclic) bond motifs is 1. The summed E-state index contributed by atoms with van der Waals surface area (Å²) in [5.74, 6) is 0.698. The zero-order valence-electron chi connectivity index (χ0n) is 11.9. The maximum Gasteiger partial charge on any atom is 0.244 e. The monoisotopic (exact) mass is 324 g/mol. The van der Waals surface area contributed by atoms with Crippen LogP contribution in [0.3, 0.4) is 0 Å². The molecule has 0 spiro atoms. The third kappa shape index (κ3) is 2.82. The summed E-state index contributed by atoms with van der Waals surface area (Å²) < 4.78 is 0. The molecule has 3 nitrogen and oxygen atoms in total. The van der Waals surface area contributed by atoms with Crippen molar-refractivity contribution in [1.29, 1.82) is 0 Å². The van der Waals surface area contributed by atoms with Gasteiger partial charge in [0.15, 0.2) is 0 Å². The Bertz CT molecular complexity index is 602. The number of rotatable bonds is 3. The van der Waals surface area contributed by atoms with Crippen LogP contribution in [0.25, 0.3) is 0 Å². The first-order chi connectivity index (χ1) is 10.0. The molecule has 0 aromatic heterocycles. The van der Waals surface area contributed by atoms with Crippen LogP contribution >= 0.6 is 23.2 Å². The highest BCUT2D eigenvalue weighted by molar-refractivity contribution is 6.36. The predicted molar refractivity (Wildman–Crippen MR) is 85.8 cm³/mol. The smallest absolute Gasteiger partial charge is 0.244 e. The van der Waals surface area contributed by atoms with Crippen molar-refractivity contribution >= 4 is 35.3 Å². The van der Waals surface area contributed by atoms with Crippen LogP contribution < -0.4 is 5.43 Å². The molecule has 5 heteroatoms. The number of nitrogens with one attached hydrogen (secondary N) is 1. The lowest BCUT2D eigenvalue weighted by atomic mass is 9.90. The van der Waals surface area contributed by atoms with Gasteiger partial charge in [-0.1, -0.05) is 49.0 Å². The lowest BCUT2D eigenvalue weighted by Crippen LogP contribution is -2.22. The molecule has 0 heterocycles. The van der Waals surface area contributed by atoms with Gasteiger partial charge >= 0.3 is 0 Å². The van der Waals surface area contributed by atoms with Gasteiger partial charge in [-0.3, -0.25) is 4.79 Å². The molecule has 3 atom stereocenters. The Balaban J connectivity index is 1.60. The molecule has 0 saturated heterocycles. The number of amides is 1. The summed E-state index contributed by atoms with van der Waals surface area (Å²) in [5, 5.41) is 5.13. The van der Waals surface area contributed by atoms with Crippen LogP contribution in [-0.4, -0.2) is 12.1 Å². The number of hydrogen-bond donors (Lipinski definition) is 1. The Morgan fingerprint density at radius 3 is 2.90 bits per heavy atom. The van der Waals surface area contributed by atoms with Gasteiger partial charge in [0, 0.05) is 16.5 Å². The average molecular weight is 325 g/mol. The van der Waals surface area contributed by atoms with Crippen molar-refractivity contribution in [3.05, 3.63) is 33.8 Å². The van der Waals surface area contributed by atoms with E-state index in [0.29, 0.717) is 16.0 Å². The largest absolute Gasteiger partial charge is 0.273 e. The second-order valence-corrected chi connectivity index (χ2v) is 7.08. The SMILES string of the molecule is C[C@@]12CCCC[C@@H]1[C@@H]2C(=O)N/N=C\c1ccc(Cl)cc1Cl. The molecule has 1 amide bonds. The topological polar surface area (TPSA) is 41.5 Å². The number of benzene rings is 1. The molecular weight excluding hydrogens is 307 g/mol. The Labute approximate surface area is 134 Å². The maximum atomic E-state index is 12.2. The molecule has 0 aliphatic heterocycles. The van der Waals surface area contributed by atoms with Crippen molar-refractivity contribution in [3.8, 4) is 0 Å². The van der Waals surface area contributed by atoms with E-state index < -0.39 is 0 Å². The van der Waals surface area contributed by atoms with Gasteiger partial charge in [-0.05, 0) is 36.3 Å². The van der Waals surface area contributed by atoms with Crippen LogP contribution in [-0.2, 0) is 4.79 Å². The van der Waals surface area contributed by atoms with E-state index in [1.165, 1.54) is 19.3 Å². The van der Waals surface area contributed by atoms with E-state index in [0.717, 1.165) is 12.0 Å². The van der Waals surface area contributed by atoms with Gasteiger partial charge < -0.3 is 0 Å². The number of hydrazone groups is 1. The van der Waals surface area contributed by atoms with Gasteiger partial charge in [0.2, 0.25) is 5.91 Å². The molecule has 2 fully saturated rings. The summed E-state index contributed by atoms with van der Waals surface area (Å²) in [6, 6.07) is 5.18. The van der Waals surface area contributed by atoms with E-state index in [9.17, 15) is 4.79 Å². The van der Waals surface area contributed by atoms with Crippen LogP contribution in [0.15, 0.2) is 23.3 Å². The summed E-state index contributed by atoms with van der Waals surface area (Å²) in [6.07, 6.45) is 6.36. The van der Waals surface area contributed by atoms with E-state index in [4.69, 9.17) is 23.2 Å². The molecule has 112 valence electrons. The van der Waals surface area contributed by atoms with Gasteiger partial charge in [-0.2, -0.15) is 5.10 Å². The molecule has 1 aromatic rings.